The summed E-state index contributed by atoms with van der Waals surface area (Å²) in [5.41, 5.74) is 1.82. The third kappa shape index (κ3) is 2.62. The Kier molecular flexibility index (Phi) is 3.70. The fourth-order valence-electron chi connectivity index (χ4n) is 2.43. The Hall–Kier alpha value is -2.21. The number of carbonyl (C=O) groups excluding carboxylic acids is 1. The maximum absolute atomic E-state index is 12.9. The smallest absolute Gasteiger partial charge is 0.264 e. The number of carbonyl (C=O) groups is 1. The van der Waals surface area contributed by atoms with Gasteiger partial charge in [0.05, 0.1) is 10.6 Å². The molecule has 0 atom stereocenters. The molecule has 1 aromatic carbocycles. The number of rotatable bonds is 3. The van der Waals surface area contributed by atoms with Crippen molar-refractivity contribution in [2.24, 2.45) is 7.05 Å². The number of hydrogen-bond donors (Lipinski definition) is 0. The van der Waals surface area contributed by atoms with Crippen LogP contribution in [0.1, 0.15) is 20.9 Å². The first-order valence-corrected chi connectivity index (χ1v) is 7.70. The molecule has 0 bridgehead atoms. The van der Waals surface area contributed by atoms with Crippen molar-refractivity contribution < 1.29 is 9.18 Å². The summed E-state index contributed by atoms with van der Waals surface area (Å²) in [5, 5.41) is 5.36. The largest absolute Gasteiger partial charge is 0.337 e. The molecular formula is C16H16FN3OS. The molecule has 3 aromatic rings. The van der Waals surface area contributed by atoms with Crippen LogP contribution in [-0.4, -0.2) is 27.6 Å². The second-order valence-electron chi connectivity index (χ2n) is 5.33. The van der Waals surface area contributed by atoms with Crippen LogP contribution in [0.3, 0.4) is 0 Å². The minimum absolute atomic E-state index is 0.0371. The van der Waals surface area contributed by atoms with Crippen LogP contribution in [0.15, 0.2) is 30.3 Å². The van der Waals surface area contributed by atoms with Crippen LogP contribution in [-0.2, 0) is 13.6 Å². The lowest BCUT2D eigenvalue weighted by Gasteiger charge is -2.16. The van der Waals surface area contributed by atoms with Gasteiger partial charge in [-0.25, -0.2) is 4.39 Å². The lowest BCUT2D eigenvalue weighted by molar-refractivity contribution is 0.0790. The quantitative estimate of drug-likeness (QED) is 0.743. The van der Waals surface area contributed by atoms with E-state index in [0.717, 1.165) is 21.5 Å². The van der Waals surface area contributed by atoms with Crippen molar-refractivity contribution in [3.63, 3.8) is 0 Å². The number of thiophene rings is 1. The van der Waals surface area contributed by atoms with Crippen molar-refractivity contribution in [1.29, 1.82) is 0 Å². The summed E-state index contributed by atoms with van der Waals surface area (Å²) in [6.07, 6.45) is 0. The van der Waals surface area contributed by atoms with Crippen molar-refractivity contribution in [3.05, 3.63) is 52.3 Å². The second-order valence-corrected chi connectivity index (χ2v) is 6.36. The Morgan fingerprint density at radius 1 is 1.36 bits per heavy atom. The van der Waals surface area contributed by atoms with Gasteiger partial charge >= 0.3 is 0 Å². The zero-order chi connectivity index (χ0) is 15.9. The van der Waals surface area contributed by atoms with E-state index >= 15 is 0 Å². The van der Waals surface area contributed by atoms with E-state index in [1.165, 1.54) is 23.5 Å². The summed E-state index contributed by atoms with van der Waals surface area (Å²) in [4.78, 5) is 15.9. The van der Waals surface area contributed by atoms with Gasteiger partial charge in [-0.1, -0.05) is 12.1 Å². The zero-order valence-electron chi connectivity index (χ0n) is 12.6. The third-order valence-electron chi connectivity index (χ3n) is 3.59. The highest BCUT2D eigenvalue weighted by Gasteiger charge is 2.18. The van der Waals surface area contributed by atoms with E-state index < -0.39 is 0 Å². The van der Waals surface area contributed by atoms with Crippen LogP contribution < -0.4 is 0 Å². The Labute approximate surface area is 131 Å². The molecule has 6 heteroatoms. The number of aryl methyl sites for hydroxylation is 2. The predicted molar refractivity (Wildman–Crippen MR) is 85.5 cm³/mol. The van der Waals surface area contributed by atoms with E-state index in [9.17, 15) is 9.18 Å². The van der Waals surface area contributed by atoms with Gasteiger partial charge in [0.25, 0.3) is 5.91 Å². The number of aromatic nitrogens is 2. The van der Waals surface area contributed by atoms with Crippen LogP contribution >= 0.6 is 11.3 Å². The number of amides is 1. The topological polar surface area (TPSA) is 38.1 Å². The first kappa shape index (κ1) is 14.7. The van der Waals surface area contributed by atoms with Gasteiger partial charge in [-0.3, -0.25) is 9.48 Å². The molecule has 0 aliphatic carbocycles. The fraction of sp³-hybridized carbons (Fsp3) is 0.250. The van der Waals surface area contributed by atoms with Gasteiger partial charge in [0.2, 0.25) is 0 Å². The summed E-state index contributed by atoms with van der Waals surface area (Å²) in [6.45, 7) is 2.39. The van der Waals surface area contributed by atoms with E-state index in [4.69, 9.17) is 0 Å². The second kappa shape index (κ2) is 5.53. The van der Waals surface area contributed by atoms with E-state index in [2.05, 4.69) is 5.10 Å². The molecule has 0 saturated heterocycles. The standard InChI is InChI=1S/C16H16FN3OS/c1-10-13-8-14(22-16(13)20(3)18-10)15(21)19(2)9-11-4-6-12(17)7-5-11/h4-8H,9H2,1-3H3. The third-order valence-corrected chi connectivity index (χ3v) is 4.78. The minimum Gasteiger partial charge on any atom is -0.337 e. The molecule has 1 amide bonds. The Bertz CT molecular complexity index is 801. The predicted octanol–water partition coefficient (Wildman–Crippen LogP) is 3.35. The maximum atomic E-state index is 12.9. The highest BCUT2D eigenvalue weighted by molar-refractivity contribution is 7.20. The highest BCUT2D eigenvalue weighted by Crippen LogP contribution is 2.28. The maximum Gasteiger partial charge on any atom is 0.264 e. The number of halogens is 1. The lowest BCUT2D eigenvalue weighted by atomic mass is 10.2. The minimum atomic E-state index is -0.273. The monoisotopic (exact) mass is 317 g/mol. The number of benzene rings is 1. The van der Waals surface area contributed by atoms with Crippen molar-refractivity contribution in [3.8, 4) is 0 Å². The Morgan fingerprint density at radius 3 is 2.68 bits per heavy atom. The summed E-state index contributed by atoms with van der Waals surface area (Å²) in [5.74, 6) is -0.310. The Morgan fingerprint density at radius 2 is 2.05 bits per heavy atom. The summed E-state index contributed by atoms with van der Waals surface area (Å²) < 4.78 is 14.7. The first-order valence-electron chi connectivity index (χ1n) is 6.89. The molecule has 0 spiro atoms. The molecule has 22 heavy (non-hydrogen) atoms. The van der Waals surface area contributed by atoms with E-state index in [0.29, 0.717) is 11.4 Å². The van der Waals surface area contributed by atoms with Crippen LogP contribution in [0.4, 0.5) is 4.39 Å². The molecule has 3 rings (SSSR count). The zero-order valence-corrected chi connectivity index (χ0v) is 13.4. The summed E-state index contributed by atoms with van der Waals surface area (Å²) in [7, 11) is 3.63. The fourth-order valence-corrected chi connectivity index (χ4v) is 3.55. The number of nitrogens with zero attached hydrogens (tertiary/aromatic N) is 3. The Balaban J connectivity index is 1.82. The van der Waals surface area contributed by atoms with Crippen molar-refractivity contribution in [1.82, 2.24) is 14.7 Å². The van der Waals surface area contributed by atoms with E-state index in [1.54, 1.807) is 28.8 Å². The summed E-state index contributed by atoms with van der Waals surface area (Å²) in [6, 6.07) is 8.09. The molecule has 114 valence electrons. The highest BCUT2D eigenvalue weighted by atomic mass is 32.1. The molecule has 2 aromatic heterocycles. The average Bonchev–Trinajstić information content (AvgIpc) is 3.03. The van der Waals surface area contributed by atoms with Gasteiger partial charge in [-0.05, 0) is 30.7 Å². The molecule has 0 aliphatic heterocycles. The number of hydrogen-bond acceptors (Lipinski definition) is 3. The molecule has 0 N–H and O–H groups in total. The molecular weight excluding hydrogens is 301 g/mol. The number of fused-ring (bicyclic) bond motifs is 1. The van der Waals surface area contributed by atoms with Crippen molar-refractivity contribution in [2.45, 2.75) is 13.5 Å². The molecule has 0 unspecified atom stereocenters. The molecule has 0 saturated carbocycles. The van der Waals surface area contributed by atoms with Crippen LogP contribution in [0.2, 0.25) is 0 Å². The van der Waals surface area contributed by atoms with Crippen molar-refractivity contribution in [2.75, 3.05) is 7.05 Å². The van der Waals surface area contributed by atoms with Gasteiger partial charge in [-0.15, -0.1) is 11.3 Å². The van der Waals surface area contributed by atoms with Crippen molar-refractivity contribution >= 4 is 27.5 Å². The molecule has 2 heterocycles. The van der Waals surface area contributed by atoms with Gasteiger partial charge < -0.3 is 4.90 Å². The van der Waals surface area contributed by atoms with Gasteiger partial charge in [-0.2, -0.15) is 5.10 Å². The average molecular weight is 317 g/mol. The molecule has 4 nitrogen and oxygen atoms in total. The van der Waals surface area contributed by atoms with E-state index in [1.807, 2.05) is 20.0 Å². The van der Waals surface area contributed by atoms with Crippen LogP contribution in [0, 0.1) is 12.7 Å². The molecule has 0 aliphatic rings. The van der Waals surface area contributed by atoms with Crippen LogP contribution in [0.5, 0.6) is 0 Å². The van der Waals surface area contributed by atoms with Gasteiger partial charge in [0.1, 0.15) is 10.6 Å². The van der Waals surface area contributed by atoms with E-state index in [-0.39, 0.29) is 11.7 Å². The molecule has 0 radical (unpaired) electrons. The normalized spacial score (nSPS) is 11.1. The van der Waals surface area contributed by atoms with Gasteiger partial charge in [0, 0.05) is 26.0 Å². The summed E-state index contributed by atoms with van der Waals surface area (Å²) >= 11 is 1.44. The SMILES string of the molecule is Cc1nn(C)c2sc(C(=O)N(C)Cc3ccc(F)cc3)cc12. The molecule has 0 fully saturated rings. The lowest BCUT2D eigenvalue weighted by Crippen LogP contribution is -2.25. The first-order chi connectivity index (χ1) is 10.5. The van der Waals surface area contributed by atoms with Crippen LogP contribution in [0.25, 0.3) is 10.2 Å². The van der Waals surface area contributed by atoms with Gasteiger partial charge in [0.15, 0.2) is 0 Å².